The lowest BCUT2D eigenvalue weighted by atomic mass is 9.91. The second-order valence-electron chi connectivity index (χ2n) is 6.49. The van der Waals surface area contributed by atoms with E-state index in [-0.39, 0.29) is 23.3 Å². The second-order valence-corrected chi connectivity index (χ2v) is 6.90. The molecule has 142 valence electrons. The third-order valence-electron chi connectivity index (χ3n) is 4.56. The van der Waals surface area contributed by atoms with Gasteiger partial charge in [0.2, 0.25) is 0 Å². The molecule has 0 bridgehead atoms. The van der Waals surface area contributed by atoms with Gasteiger partial charge in [-0.15, -0.1) is 0 Å². The number of carbonyl (C=O) groups excluding carboxylic acids is 1. The fourth-order valence-corrected chi connectivity index (χ4v) is 3.50. The number of carboxylic acids is 1. The minimum Gasteiger partial charge on any atom is -0.478 e. The summed E-state index contributed by atoms with van der Waals surface area (Å²) in [6.07, 6.45) is -0.0466. The van der Waals surface area contributed by atoms with E-state index in [1.807, 2.05) is 0 Å². The Morgan fingerprint density at radius 2 is 2.00 bits per heavy atom. The molecule has 0 radical (unpaired) electrons. The molecule has 1 aliphatic heterocycles. The first-order valence-electron chi connectivity index (χ1n) is 8.41. The number of hydrogen-bond donors (Lipinski definition) is 2. The highest BCUT2D eigenvalue weighted by Gasteiger charge is 2.33. The number of ether oxygens (including phenoxy) is 1. The minimum absolute atomic E-state index is 0.0466. The van der Waals surface area contributed by atoms with Crippen molar-refractivity contribution in [3.63, 3.8) is 0 Å². The lowest BCUT2D eigenvalue weighted by Gasteiger charge is -2.22. The third kappa shape index (κ3) is 3.10. The fraction of sp³-hybridized carbons (Fsp3) is 0.150. The topological polar surface area (TPSA) is 110 Å². The summed E-state index contributed by atoms with van der Waals surface area (Å²) < 4.78 is 11.1. The molecule has 7 nitrogen and oxygen atoms in total. The molecule has 8 heteroatoms. The smallest absolute Gasteiger partial charge is 0.335 e. The highest BCUT2D eigenvalue weighted by atomic mass is 35.5. The van der Waals surface area contributed by atoms with Crippen LogP contribution in [0.4, 0.5) is 0 Å². The number of aromatic carboxylic acids is 1. The van der Waals surface area contributed by atoms with Gasteiger partial charge >= 0.3 is 11.9 Å². The Morgan fingerprint density at radius 3 is 2.75 bits per heavy atom. The zero-order chi connectivity index (χ0) is 20.0. The summed E-state index contributed by atoms with van der Waals surface area (Å²) in [5.74, 6) is -1.23. The molecule has 28 heavy (non-hydrogen) atoms. The van der Waals surface area contributed by atoms with Crippen LogP contribution in [0, 0.1) is 6.92 Å². The number of aromatic amines is 1. The number of rotatable bonds is 3. The number of fused-ring (bicyclic) bond motifs is 1. The van der Waals surface area contributed by atoms with E-state index in [0.29, 0.717) is 33.4 Å². The van der Waals surface area contributed by atoms with E-state index in [1.165, 1.54) is 18.2 Å². The van der Waals surface area contributed by atoms with E-state index in [1.54, 1.807) is 25.1 Å². The zero-order valence-electron chi connectivity index (χ0n) is 14.6. The number of pyridine rings is 1. The molecule has 3 aromatic rings. The summed E-state index contributed by atoms with van der Waals surface area (Å²) >= 11 is 6.20. The summed E-state index contributed by atoms with van der Waals surface area (Å²) in [5.41, 5.74) is 1.02. The van der Waals surface area contributed by atoms with Crippen LogP contribution in [-0.4, -0.2) is 22.0 Å². The molecule has 0 spiro atoms. The van der Waals surface area contributed by atoms with E-state index < -0.39 is 17.9 Å². The first-order chi connectivity index (χ1) is 13.3. The fourth-order valence-electron chi connectivity index (χ4n) is 3.29. The monoisotopic (exact) mass is 399 g/mol. The molecule has 4 rings (SSSR count). The molecule has 0 saturated carbocycles. The van der Waals surface area contributed by atoms with E-state index in [0.717, 1.165) is 0 Å². The first-order valence-corrected chi connectivity index (χ1v) is 8.78. The molecular weight excluding hydrogens is 386 g/mol. The number of aromatic nitrogens is 1. The largest absolute Gasteiger partial charge is 0.478 e. The predicted octanol–water partition coefficient (Wildman–Crippen LogP) is 3.74. The van der Waals surface area contributed by atoms with Gasteiger partial charge in [-0.05, 0) is 37.3 Å². The number of H-pyrrole nitrogens is 1. The molecule has 0 saturated heterocycles. The molecular formula is C20H14ClNO6. The van der Waals surface area contributed by atoms with Crippen LogP contribution in [0.3, 0.4) is 0 Å². The van der Waals surface area contributed by atoms with Gasteiger partial charge in [-0.1, -0.05) is 11.6 Å². The van der Waals surface area contributed by atoms with Crippen LogP contribution in [-0.2, 0) is 4.79 Å². The van der Waals surface area contributed by atoms with Crippen LogP contribution in [0.25, 0.3) is 11.3 Å². The number of nitrogens with one attached hydrogen (secondary N) is 1. The standard InChI is InChI=1S/C20H14ClNO6/c1-9-6-16-18(19(24)22-9)12(8-17(23)28-16)15-5-4-14(27-15)11-7-10(20(25)26)2-3-13(11)21/h2-7,12H,8H2,1H3,(H,22,24)(H,25,26)/t12-/m1/s1. The average Bonchev–Trinajstić information content (AvgIpc) is 3.10. The van der Waals surface area contributed by atoms with Crippen LogP contribution in [0.15, 0.2) is 45.6 Å². The van der Waals surface area contributed by atoms with Crippen molar-refractivity contribution >= 4 is 23.5 Å². The molecule has 1 atom stereocenters. The molecule has 0 amide bonds. The maximum absolute atomic E-state index is 12.5. The maximum atomic E-state index is 12.5. The molecule has 0 unspecified atom stereocenters. The van der Waals surface area contributed by atoms with Crippen molar-refractivity contribution in [2.45, 2.75) is 19.3 Å². The normalized spacial score (nSPS) is 15.8. The van der Waals surface area contributed by atoms with E-state index >= 15 is 0 Å². The summed E-state index contributed by atoms with van der Waals surface area (Å²) in [7, 11) is 0. The second kappa shape index (κ2) is 6.69. The maximum Gasteiger partial charge on any atom is 0.335 e. The zero-order valence-corrected chi connectivity index (χ0v) is 15.4. The Kier molecular flexibility index (Phi) is 4.31. The molecule has 1 aromatic carbocycles. The van der Waals surface area contributed by atoms with Gasteiger partial charge in [0, 0.05) is 17.3 Å². The number of hydrogen-bond acceptors (Lipinski definition) is 5. The van der Waals surface area contributed by atoms with Crippen LogP contribution >= 0.6 is 11.6 Å². The van der Waals surface area contributed by atoms with Crippen molar-refractivity contribution in [3.8, 4) is 17.1 Å². The SMILES string of the molecule is Cc1cc2c(c(=O)[nH]1)[C@@H](c1ccc(-c3cc(C(=O)O)ccc3Cl)o1)CC(=O)O2. The Balaban J connectivity index is 1.80. The van der Waals surface area contributed by atoms with Crippen LogP contribution in [0.2, 0.25) is 5.02 Å². The Morgan fingerprint density at radius 1 is 1.21 bits per heavy atom. The molecule has 2 N–H and O–H groups in total. The van der Waals surface area contributed by atoms with Gasteiger partial charge < -0.3 is 19.2 Å². The lowest BCUT2D eigenvalue weighted by Crippen LogP contribution is -2.28. The van der Waals surface area contributed by atoms with Crippen LogP contribution in [0.5, 0.6) is 5.75 Å². The summed E-state index contributed by atoms with van der Waals surface area (Å²) in [4.78, 5) is 38.4. The van der Waals surface area contributed by atoms with Gasteiger partial charge in [-0.25, -0.2) is 4.79 Å². The number of carbonyl (C=O) groups is 2. The number of aryl methyl sites for hydroxylation is 1. The molecule has 1 aliphatic rings. The van der Waals surface area contributed by atoms with Crippen molar-refractivity contribution in [3.05, 3.63) is 74.4 Å². The Hall–Kier alpha value is -3.32. The molecule has 2 aromatic heterocycles. The first kappa shape index (κ1) is 18.1. The average molecular weight is 400 g/mol. The number of halogens is 1. The molecule has 0 aliphatic carbocycles. The minimum atomic E-state index is -1.09. The predicted molar refractivity (Wildman–Crippen MR) is 100 cm³/mol. The molecule has 0 fully saturated rings. The quantitative estimate of drug-likeness (QED) is 0.649. The summed E-state index contributed by atoms with van der Waals surface area (Å²) in [6, 6.07) is 9.15. The summed E-state index contributed by atoms with van der Waals surface area (Å²) in [6.45, 7) is 1.70. The van der Waals surface area contributed by atoms with Crippen molar-refractivity contribution in [2.24, 2.45) is 0 Å². The lowest BCUT2D eigenvalue weighted by molar-refractivity contribution is -0.135. The Bertz CT molecular complexity index is 1180. The highest BCUT2D eigenvalue weighted by molar-refractivity contribution is 6.33. The van der Waals surface area contributed by atoms with E-state index in [4.69, 9.17) is 20.8 Å². The number of furan rings is 1. The van der Waals surface area contributed by atoms with Gasteiger partial charge in [0.15, 0.2) is 0 Å². The van der Waals surface area contributed by atoms with Crippen LogP contribution in [0.1, 0.15) is 39.7 Å². The van der Waals surface area contributed by atoms with Gasteiger partial charge in [-0.3, -0.25) is 9.59 Å². The van der Waals surface area contributed by atoms with Gasteiger partial charge in [0.25, 0.3) is 5.56 Å². The van der Waals surface area contributed by atoms with E-state index in [2.05, 4.69) is 4.98 Å². The van der Waals surface area contributed by atoms with Crippen molar-refractivity contribution in [1.29, 1.82) is 0 Å². The van der Waals surface area contributed by atoms with Gasteiger partial charge in [0.1, 0.15) is 17.3 Å². The third-order valence-corrected chi connectivity index (χ3v) is 4.89. The summed E-state index contributed by atoms with van der Waals surface area (Å²) in [5, 5.41) is 9.51. The van der Waals surface area contributed by atoms with Gasteiger partial charge in [0.05, 0.1) is 28.5 Å². The van der Waals surface area contributed by atoms with Gasteiger partial charge in [-0.2, -0.15) is 0 Å². The number of esters is 1. The van der Waals surface area contributed by atoms with E-state index in [9.17, 15) is 19.5 Å². The number of benzene rings is 1. The molecule has 3 heterocycles. The van der Waals surface area contributed by atoms with Crippen molar-refractivity contribution in [2.75, 3.05) is 0 Å². The van der Waals surface area contributed by atoms with Crippen molar-refractivity contribution < 1.29 is 23.8 Å². The number of carboxylic acid groups (broad SMARTS) is 1. The van der Waals surface area contributed by atoms with Crippen LogP contribution < -0.4 is 10.3 Å². The highest BCUT2D eigenvalue weighted by Crippen LogP contribution is 2.39. The Labute approximate surface area is 163 Å². The van der Waals surface area contributed by atoms with Crippen molar-refractivity contribution in [1.82, 2.24) is 4.98 Å².